The van der Waals surface area contributed by atoms with Crippen LogP contribution in [0.4, 0.5) is 5.69 Å². The van der Waals surface area contributed by atoms with Crippen molar-refractivity contribution in [1.82, 2.24) is 0 Å². The van der Waals surface area contributed by atoms with Gasteiger partial charge in [0.25, 0.3) is 5.69 Å². The van der Waals surface area contributed by atoms with Gasteiger partial charge in [0.1, 0.15) is 4.21 Å². The van der Waals surface area contributed by atoms with E-state index in [0.29, 0.717) is 11.3 Å². The van der Waals surface area contributed by atoms with Gasteiger partial charge in [0.2, 0.25) is 10.0 Å². The van der Waals surface area contributed by atoms with Crippen LogP contribution in [0.25, 0.3) is 0 Å². The van der Waals surface area contributed by atoms with Gasteiger partial charge in [-0.15, -0.1) is 11.3 Å². The Morgan fingerprint density at radius 2 is 2.24 bits per heavy atom. The minimum absolute atomic E-state index is 0.0957. The maximum absolute atomic E-state index is 11.2. The Balaban J connectivity index is 3.24. The summed E-state index contributed by atoms with van der Waals surface area (Å²) in [5.41, 5.74) is -0.388. The Hall–Kier alpha value is -0.970. The van der Waals surface area contributed by atoms with Crippen LogP contribution in [0.3, 0.4) is 0 Å². The Bertz CT molecular complexity index is 562. The molecule has 94 valence electrons. The van der Waals surface area contributed by atoms with Crippen LogP contribution in [0.1, 0.15) is 4.88 Å². The van der Waals surface area contributed by atoms with Gasteiger partial charge in [-0.1, -0.05) is 11.8 Å². The lowest BCUT2D eigenvalue weighted by Crippen LogP contribution is -2.09. The van der Waals surface area contributed by atoms with E-state index in [-0.39, 0.29) is 26.3 Å². The number of carbonyl (C=O) groups is 1. The Morgan fingerprint density at radius 1 is 1.65 bits per heavy atom. The number of nitrogens with zero attached hydrogens (tertiary/aromatic N) is 1. The van der Waals surface area contributed by atoms with Crippen molar-refractivity contribution >= 4 is 43.9 Å². The first-order valence-electron chi connectivity index (χ1n) is 4.12. The highest BCUT2D eigenvalue weighted by Crippen LogP contribution is 2.32. The average Bonchev–Trinajstić information content (AvgIpc) is 2.61. The predicted molar refractivity (Wildman–Crippen MR) is 64.6 cm³/mol. The van der Waals surface area contributed by atoms with E-state index in [4.69, 9.17) is 5.14 Å². The smallest absolute Gasteiger partial charge is 0.285 e. The normalized spacial score (nSPS) is 11.4. The number of hydrogen-bond acceptors (Lipinski definition) is 7. The molecule has 0 fully saturated rings. The molecule has 10 heteroatoms. The number of hydrogen-bond donors (Lipinski definition) is 1. The maximum Gasteiger partial charge on any atom is 0.285 e. The molecule has 0 spiro atoms. The number of carbonyl (C=O) groups excluding carboxylic acids is 1. The first kappa shape index (κ1) is 14.1. The fourth-order valence-corrected chi connectivity index (χ4v) is 3.30. The van der Waals surface area contributed by atoms with Crippen LogP contribution in [-0.2, 0) is 21.2 Å². The second-order valence-electron chi connectivity index (χ2n) is 2.93. The molecule has 0 aliphatic rings. The van der Waals surface area contributed by atoms with Crippen molar-refractivity contribution in [1.29, 1.82) is 0 Å². The minimum Gasteiger partial charge on any atom is -0.287 e. The highest BCUT2D eigenvalue weighted by Gasteiger charge is 2.25. The Kier molecular flexibility index (Phi) is 4.25. The SMILES string of the molecule is CSC(=O)Cc1sc(S(N)(=O)=O)cc1[N+](=O)[O-]. The van der Waals surface area contributed by atoms with Gasteiger partial charge in [0, 0.05) is 6.07 Å². The third kappa shape index (κ3) is 3.49. The summed E-state index contributed by atoms with van der Waals surface area (Å²) in [7, 11) is -3.98. The summed E-state index contributed by atoms with van der Waals surface area (Å²) in [4.78, 5) is 21.2. The summed E-state index contributed by atoms with van der Waals surface area (Å²) in [6.45, 7) is 0. The van der Waals surface area contributed by atoms with Crippen molar-refractivity contribution in [2.24, 2.45) is 5.14 Å². The number of nitro groups is 1. The molecule has 1 aromatic rings. The summed E-state index contributed by atoms with van der Waals surface area (Å²) >= 11 is 1.57. The quantitative estimate of drug-likeness (QED) is 0.646. The molecule has 0 atom stereocenters. The molecule has 2 N–H and O–H groups in total. The lowest BCUT2D eigenvalue weighted by Gasteiger charge is -1.93. The van der Waals surface area contributed by atoms with E-state index in [0.717, 1.165) is 17.8 Å². The number of thiophene rings is 1. The van der Waals surface area contributed by atoms with E-state index in [2.05, 4.69) is 0 Å². The monoisotopic (exact) mass is 296 g/mol. The average molecular weight is 296 g/mol. The van der Waals surface area contributed by atoms with E-state index in [9.17, 15) is 23.3 Å². The van der Waals surface area contributed by atoms with Gasteiger partial charge < -0.3 is 0 Å². The molecular weight excluding hydrogens is 288 g/mol. The molecule has 1 aromatic heterocycles. The molecule has 17 heavy (non-hydrogen) atoms. The van der Waals surface area contributed by atoms with Crippen molar-refractivity contribution in [2.45, 2.75) is 10.6 Å². The molecule has 0 amide bonds. The lowest BCUT2D eigenvalue weighted by atomic mass is 10.3. The molecule has 0 saturated carbocycles. The van der Waals surface area contributed by atoms with Crippen molar-refractivity contribution in [3.8, 4) is 0 Å². The van der Waals surface area contributed by atoms with Crippen LogP contribution in [0.15, 0.2) is 10.3 Å². The van der Waals surface area contributed by atoms with Crippen LogP contribution in [0, 0.1) is 10.1 Å². The summed E-state index contributed by atoms with van der Waals surface area (Å²) in [5.74, 6) is 0. The fourth-order valence-electron chi connectivity index (χ4n) is 1.02. The van der Waals surface area contributed by atoms with Gasteiger partial charge in [-0.05, 0) is 6.26 Å². The fraction of sp³-hybridized carbons (Fsp3) is 0.286. The molecule has 0 radical (unpaired) electrons. The van der Waals surface area contributed by atoms with Gasteiger partial charge >= 0.3 is 0 Å². The van der Waals surface area contributed by atoms with Gasteiger partial charge in [-0.2, -0.15) is 0 Å². The van der Waals surface area contributed by atoms with E-state index in [1.807, 2.05) is 0 Å². The summed E-state index contributed by atoms with van der Waals surface area (Å²) in [5, 5.41) is 15.3. The summed E-state index contributed by atoms with van der Waals surface area (Å²) < 4.78 is 21.8. The van der Waals surface area contributed by atoms with Crippen LogP contribution >= 0.6 is 23.1 Å². The molecular formula is C7H8N2O5S3. The van der Waals surface area contributed by atoms with Crippen LogP contribution < -0.4 is 5.14 Å². The van der Waals surface area contributed by atoms with Crippen LogP contribution in [0.5, 0.6) is 0 Å². The largest absolute Gasteiger partial charge is 0.287 e. The van der Waals surface area contributed by atoms with E-state index in [1.54, 1.807) is 6.26 Å². The zero-order chi connectivity index (χ0) is 13.2. The second-order valence-corrected chi connectivity index (χ2v) is 6.72. The van der Waals surface area contributed by atoms with Gasteiger partial charge in [-0.3, -0.25) is 14.9 Å². The minimum atomic E-state index is -3.98. The highest BCUT2D eigenvalue weighted by molar-refractivity contribution is 8.13. The Labute approximate surface area is 105 Å². The van der Waals surface area contributed by atoms with Crippen LogP contribution in [-0.4, -0.2) is 24.7 Å². The first-order valence-corrected chi connectivity index (χ1v) is 7.71. The summed E-state index contributed by atoms with van der Waals surface area (Å²) in [6, 6.07) is 0.878. The molecule has 0 aliphatic heterocycles. The topological polar surface area (TPSA) is 120 Å². The second kappa shape index (κ2) is 5.12. The standard InChI is InChI=1S/C7H8N2O5S3/c1-15-6(10)3-5-4(9(11)12)2-7(16-5)17(8,13)14/h2H,3H2,1H3,(H2,8,13,14). The predicted octanol–water partition coefficient (Wildman–Crippen LogP) is 0.736. The Morgan fingerprint density at radius 3 is 2.65 bits per heavy atom. The number of rotatable bonds is 4. The van der Waals surface area contributed by atoms with Gasteiger partial charge in [0.05, 0.1) is 16.2 Å². The summed E-state index contributed by atoms with van der Waals surface area (Å²) in [6.07, 6.45) is 1.36. The van der Waals surface area contributed by atoms with Crippen molar-refractivity contribution in [3.05, 3.63) is 21.1 Å². The van der Waals surface area contributed by atoms with Crippen LogP contribution in [0.2, 0.25) is 0 Å². The highest BCUT2D eigenvalue weighted by atomic mass is 32.2. The third-order valence-corrected chi connectivity index (χ3v) is 4.92. The van der Waals surface area contributed by atoms with E-state index >= 15 is 0 Å². The van der Waals surface area contributed by atoms with Crippen molar-refractivity contribution in [3.63, 3.8) is 0 Å². The van der Waals surface area contributed by atoms with Gasteiger partial charge in [0.15, 0.2) is 5.12 Å². The van der Waals surface area contributed by atoms with Crippen molar-refractivity contribution < 1.29 is 18.1 Å². The van der Waals surface area contributed by atoms with E-state index in [1.165, 1.54) is 0 Å². The molecule has 0 aromatic carbocycles. The number of nitrogens with two attached hydrogens (primary N) is 1. The molecule has 1 rings (SSSR count). The lowest BCUT2D eigenvalue weighted by molar-refractivity contribution is -0.385. The van der Waals surface area contributed by atoms with Crippen molar-refractivity contribution in [2.75, 3.05) is 6.26 Å². The molecule has 7 nitrogen and oxygen atoms in total. The van der Waals surface area contributed by atoms with E-state index < -0.39 is 14.9 Å². The third-order valence-electron chi connectivity index (χ3n) is 1.77. The molecule has 1 heterocycles. The molecule has 0 unspecified atom stereocenters. The number of primary sulfonamides is 1. The maximum atomic E-state index is 11.2. The zero-order valence-electron chi connectivity index (χ0n) is 8.58. The molecule has 0 aliphatic carbocycles. The number of thioether (sulfide) groups is 1. The zero-order valence-corrected chi connectivity index (χ0v) is 11.0. The number of sulfonamides is 1. The first-order chi connectivity index (χ1) is 7.75. The molecule has 0 bridgehead atoms. The molecule has 0 saturated heterocycles. The van der Waals surface area contributed by atoms with Gasteiger partial charge in [-0.25, -0.2) is 13.6 Å².